The smallest absolute Gasteiger partial charge is 0.191 e. The zero-order chi connectivity index (χ0) is 19.7. The molecule has 0 radical (unpaired) electrons. The molecule has 0 aliphatic carbocycles. The Morgan fingerprint density at radius 2 is 1.89 bits per heavy atom. The molecule has 1 saturated heterocycles. The Bertz CT molecular complexity index is 710. The number of halogens is 2. The Hall–Kier alpha value is -0.980. The van der Waals surface area contributed by atoms with Gasteiger partial charge >= 0.3 is 0 Å². The zero-order valence-electron chi connectivity index (χ0n) is 16.4. The normalized spacial score (nSPS) is 16.9. The highest BCUT2D eigenvalue weighted by Gasteiger charge is 2.23. The topological polar surface area (TPSA) is 83.0 Å². The molecule has 2 N–H and O–H groups in total. The summed E-state index contributed by atoms with van der Waals surface area (Å²) in [5.74, 6) is 0.503. The van der Waals surface area contributed by atoms with Gasteiger partial charge in [-0.05, 0) is 24.1 Å². The summed E-state index contributed by atoms with van der Waals surface area (Å²) in [5.41, 5.74) is 1.03. The van der Waals surface area contributed by atoms with Crippen molar-refractivity contribution in [3.05, 3.63) is 35.6 Å². The lowest BCUT2D eigenvalue weighted by molar-refractivity contribution is 0.0170. The number of nitrogens with one attached hydrogen (secondary N) is 2. The summed E-state index contributed by atoms with van der Waals surface area (Å²) in [6.45, 7) is 4.09. The number of guanidine groups is 1. The number of ether oxygens (including phenoxy) is 1. The second-order valence-corrected chi connectivity index (χ2v) is 8.84. The van der Waals surface area contributed by atoms with Crippen LogP contribution in [0.1, 0.15) is 18.0 Å². The summed E-state index contributed by atoms with van der Waals surface area (Å²) in [6, 6.07) is 6.62. The van der Waals surface area contributed by atoms with E-state index in [4.69, 9.17) is 4.74 Å². The van der Waals surface area contributed by atoms with Crippen LogP contribution in [0.25, 0.3) is 0 Å². The quantitative estimate of drug-likeness (QED) is 0.230. The van der Waals surface area contributed by atoms with Crippen LogP contribution < -0.4 is 10.6 Å². The number of aliphatic imine (C=N–C) groups is 1. The third kappa shape index (κ3) is 9.01. The van der Waals surface area contributed by atoms with Crippen LogP contribution in [0.3, 0.4) is 0 Å². The molecule has 0 bridgehead atoms. The molecule has 0 amide bonds. The average molecular weight is 528 g/mol. The number of hydrogen-bond acceptors (Lipinski definition) is 5. The highest BCUT2D eigenvalue weighted by Crippen LogP contribution is 2.21. The number of sulfone groups is 1. The van der Waals surface area contributed by atoms with Crippen molar-refractivity contribution in [1.82, 2.24) is 15.5 Å². The lowest BCUT2D eigenvalue weighted by atomic mass is 10.0. The Balaban J connectivity index is 0.00000392. The van der Waals surface area contributed by atoms with Crippen molar-refractivity contribution < 1.29 is 17.5 Å². The van der Waals surface area contributed by atoms with E-state index in [1.54, 1.807) is 19.2 Å². The van der Waals surface area contributed by atoms with E-state index in [2.05, 4.69) is 20.5 Å². The SMILES string of the molecule is CN=C(NCCCS(C)(=O)=O)NCC(c1ccc(F)cc1)N1CCOCC1.I. The van der Waals surface area contributed by atoms with Crippen LogP contribution >= 0.6 is 24.0 Å². The first-order chi connectivity index (χ1) is 12.9. The van der Waals surface area contributed by atoms with Crippen LogP contribution in [-0.2, 0) is 14.6 Å². The van der Waals surface area contributed by atoms with Gasteiger partial charge in [-0.25, -0.2) is 12.8 Å². The molecule has 1 aliphatic rings. The Morgan fingerprint density at radius 3 is 2.46 bits per heavy atom. The second kappa shape index (κ2) is 12.6. The molecule has 0 saturated carbocycles. The summed E-state index contributed by atoms with van der Waals surface area (Å²) < 4.78 is 41.1. The van der Waals surface area contributed by atoms with E-state index < -0.39 is 9.84 Å². The summed E-state index contributed by atoms with van der Waals surface area (Å²) in [5, 5.41) is 6.42. The van der Waals surface area contributed by atoms with Gasteiger partial charge in [0.25, 0.3) is 0 Å². The molecular weight excluding hydrogens is 498 g/mol. The molecule has 10 heteroatoms. The monoisotopic (exact) mass is 528 g/mol. The van der Waals surface area contributed by atoms with E-state index in [1.807, 2.05) is 0 Å². The summed E-state index contributed by atoms with van der Waals surface area (Å²) in [6.07, 6.45) is 1.75. The van der Waals surface area contributed by atoms with Gasteiger partial charge in [0.1, 0.15) is 15.7 Å². The van der Waals surface area contributed by atoms with Gasteiger partial charge in [-0.2, -0.15) is 0 Å². The molecule has 1 unspecified atom stereocenters. The van der Waals surface area contributed by atoms with Crippen molar-refractivity contribution in [2.75, 3.05) is 58.4 Å². The van der Waals surface area contributed by atoms with Crippen molar-refractivity contribution in [1.29, 1.82) is 0 Å². The Labute approximate surface area is 184 Å². The predicted molar refractivity (Wildman–Crippen MR) is 121 cm³/mol. The van der Waals surface area contributed by atoms with E-state index >= 15 is 0 Å². The van der Waals surface area contributed by atoms with Crippen molar-refractivity contribution >= 4 is 39.8 Å². The van der Waals surface area contributed by atoms with E-state index in [0.29, 0.717) is 38.7 Å². The molecule has 1 atom stereocenters. The van der Waals surface area contributed by atoms with Crippen LogP contribution in [0.15, 0.2) is 29.3 Å². The fraction of sp³-hybridized carbons (Fsp3) is 0.611. The molecule has 0 aromatic heterocycles. The highest BCUT2D eigenvalue weighted by molar-refractivity contribution is 14.0. The maximum atomic E-state index is 13.3. The average Bonchev–Trinajstić information content (AvgIpc) is 2.65. The second-order valence-electron chi connectivity index (χ2n) is 6.58. The standard InChI is InChI=1S/C18H29FN4O3S.HI/c1-20-18(21-8-3-13-27(2,24)25)22-14-17(23-9-11-26-12-10-23)15-4-6-16(19)7-5-15;/h4-7,17H,3,8-14H2,1-2H3,(H2,20,21,22);1H. The maximum Gasteiger partial charge on any atom is 0.191 e. The van der Waals surface area contributed by atoms with Gasteiger partial charge < -0.3 is 15.4 Å². The predicted octanol–water partition coefficient (Wildman–Crippen LogP) is 1.42. The van der Waals surface area contributed by atoms with E-state index in [0.717, 1.165) is 18.7 Å². The Morgan fingerprint density at radius 1 is 1.25 bits per heavy atom. The molecule has 2 rings (SSSR count). The molecule has 160 valence electrons. The molecule has 1 aromatic carbocycles. The first-order valence-electron chi connectivity index (χ1n) is 9.08. The number of rotatable bonds is 8. The fourth-order valence-corrected chi connectivity index (χ4v) is 3.66. The minimum atomic E-state index is -2.96. The first-order valence-corrected chi connectivity index (χ1v) is 11.1. The minimum Gasteiger partial charge on any atom is -0.379 e. The van der Waals surface area contributed by atoms with Gasteiger partial charge in [0.15, 0.2) is 5.96 Å². The summed E-state index contributed by atoms with van der Waals surface area (Å²) >= 11 is 0. The molecule has 28 heavy (non-hydrogen) atoms. The summed E-state index contributed by atoms with van der Waals surface area (Å²) in [7, 11) is -1.28. The van der Waals surface area contributed by atoms with Crippen molar-refractivity contribution in [3.8, 4) is 0 Å². The third-order valence-electron chi connectivity index (χ3n) is 4.41. The van der Waals surface area contributed by atoms with Crippen LogP contribution in [0.2, 0.25) is 0 Å². The number of nitrogens with zero attached hydrogens (tertiary/aromatic N) is 2. The van der Waals surface area contributed by atoms with Gasteiger partial charge in [0.2, 0.25) is 0 Å². The largest absolute Gasteiger partial charge is 0.379 e. The molecule has 7 nitrogen and oxygen atoms in total. The van der Waals surface area contributed by atoms with Crippen LogP contribution in [0.4, 0.5) is 4.39 Å². The van der Waals surface area contributed by atoms with E-state index in [1.165, 1.54) is 18.4 Å². The van der Waals surface area contributed by atoms with Gasteiger partial charge in [0, 0.05) is 39.5 Å². The highest BCUT2D eigenvalue weighted by atomic mass is 127. The van der Waals surface area contributed by atoms with Gasteiger partial charge in [-0.1, -0.05) is 12.1 Å². The molecule has 1 aliphatic heterocycles. The number of hydrogen-bond donors (Lipinski definition) is 2. The van der Waals surface area contributed by atoms with Crippen LogP contribution in [0.5, 0.6) is 0 Å². The van der Waals surface area contributed by atoms with Gasteiger partial charge in [0.05, 0.1) is 25.0 Å². The van der Waals surface area contributed by atoms with Gasteiger partial charge in [-0.3, -0.25) is 9.89 Å². The van der Waals surface area contributed by atoms with Crippen molar-refractivity contribution in [3.63, 3.8) is 0 Å². The lowest BCUT2D eigenvalue weighted by Gasteiger charge is -2.35. The number of benzene rings is 1. The minimum absolute atomic E-state index is 0. The molecule has 1 heterocycles. The van der Waals surface area contributed by atoms with E-state index in [-0.39, 0.29) is 41.6 Å². The summed E-state index contributed by atoms with van der Waals surface area (Å²) in [4.78, 5) is 6.49. The van der Waals surface area contributed by atoms with Crippen molar-refractivity contribution in [2.24, 2.45) is 4.99 Å². The zero-order valence-corrected chi connectivity index (χ0v) is 19.5. The van der Waals surface area contributed by atoms with Crippen LogP contribution in [-0.4, -0.2) is 77.7 Å². The van der Waals surface area contributed by atoms with Gasteiger partial charge in [-0.15, -0.1) is 24.0 Å². The molecule has 1 fully saturated rings. The van der Waals surface area contributed by atoms with E-state index in [9.17, 15) is 12.8 Å². The molecule has 0 spiro atoms. The molecule has 1 aromatic rings. The fourth-order valence-electron chi connectivity index (χ4n) is 2.99. The lowest BCUT2D eigenvalue weighted by Crippen LogP contribution is -2.46. The molecular formula is C18H30FIN4O3S. The Kier molecular flexibility index (Phi) is 11.2. The van der Waals surface area contributed by atoms with Crippen molar-refractivity contribution in [2.45, 2.75) is 12.5 Å². The first kappa shape index (κ1) is 25.1. The third-order valence-corrected chi connectivity index (χ3v) is 5.44. The van der Waals surface area contributed by atoms with Crippen LogP contribution in [0, 0.1) is 5.82 Å². The number of morpholine rings is 1. The maximum absolute atomic E-state index is 13.3.